The first-order valence-electron chi connectivity index (χ1n) is 12.7. The number of benzene rings is 3. The van der Waals surface area contributed by atoms with E-state index in [1.54, 1.807) is 18.3 Å². The van der Waals surface area contributed by atoms with Gasteiger partial charge in [0.15, 0.2) is 6.20 Å². The van der Waals surface area contributed by atoms with Crippen molar-refractivity contribution in [2.45, 2.75) is 20.6 Å². The zero-order valence-corrected chi connectivity index (χ0v) is 16.2. The van der Waals surface area contributed by atoms with Crippen LogP contribution in [0.25, 0.3) is 49.4 Å². The largest absolute Gasteiger partial charge is 0.302 e. The van der Waals surface area contributed by atoms with Gasteiger partial charge in [0.2, 0.25) is 5.69 Å². The van der Waals surface area contributed by atoms with Gasteiger partial charge in [-0.05, 0) is 38.3 Å². The van der Waals surface area contributed by atoms with Gasteiger partial charge in [-0.2, -0.15) is 4.57 Å². The highest BCUT2D eigenvalue weighted by Gasteiger charge is 2.27. The summed E-state index contributed by atoms with van der Waals surface area (Å²) in [6, 6.07) is 19.4. The molecule has 0 saturated heterocycles. The van der Waals surface area contributed by atoms with Crippen LogP contribution in [0.4, 0.5) is 0 Å². The SMILES string of the molecule is [2H]C([2H])([2H])c1ccc(-c2c3c(c(C([2H])([2H])[2H])c[n+]2C)c2cccc4c5ccccc5n3c42)c(C)c1. The molecule has 2 heteroatoms. The van der Waals surface area contributed by atoms with Crippen LogP contribution >= 0.6 is 0 Å². The summed E-state index contributed by atoms with van der Waals surface area (Å²) in [5.74, 6) is 0. The number of aromatic nitrogens is 2. The van der Waals surface area contributed by atoms with Crippen molar-refractivity contribution < 1.29 is 12.8 Å². The molecule has 6 rings (SSSR count). The molecule has 3 heterocycles. The molecule has 0 saturated carbocycles. The number of pyridine rings is 1. The van der Waals surface area contributed by atoms with Crippen molar-refractivity contribution in [1.29, 1.82) is 0 Å². The molecule has 0 radical (unpaired) electrons. The minimum atomic E-state index is -2.30. The monoisotopic (exact) mass is 381 g/mol. The molecular formula is C27H23N2+. The predicted octanol–water partition coefficient (Wildman–Crippen LogP) is 6.25. The molecular weight excluding hydrogens is 352 g/mol. The zero-order chi connectivity index (χ0) is 24.9. The van der Waals surface area contributed by atoms with Crippen molar-refractivity contribution >= 4 is 38.1 Å². The van der Waals surface area contributed by atoms with Crippen molar-refractivity contribution in [3.8, 4) is 11.3 Å². The number of para-hydroxylation sites is 2. The van der Waals surface area contributed by atoms with Gasteiger partial charge in [-0.15, -0.1) is 0 Å². The Morgan fingerprint density at radius 2 is 1.66 bits per heavy atom. The van der Waals surface area contributed by atoms with Gasteiger partial charge < -0.3 is 4.40 Å². The highest BCUT2D eigenvalue weighted by molar-refractivity contribution is 6.25. The van der Waals surface area contributed by atoms with Crippen molar-refractivity contribution in [2.24, 2.45) is 7.05 Å². The van der Waals surface area contributed by atoms with Crippen LogP contribution < -0.4 is 4.57 Å². The van der Waals surface area contributed by atoms with Gasteiger partial charge in [-0.3, -0.25) is 0 Å². The summed E-state index contributed by atoms with van der Waals surface area (Å²) in [7, 11) is 1.85. The third-order valence-corrected chi connectivity index (χ3v) is 6.08. The lowest BCUT2D eigenvalue weighted by Crippen LogP contribution is -2.32. The Bertz CT molecular complexity index is 1790. The average molecular weight is 382 g/mol. The molecule has 140 valence electrons. The third kappa shape index (κ3) is 2.04. The predicted molar refractivity (Wildman–Crippen MR) is 122 cm³/mol. The minimum absolute atomic E-state index is 0.286. The molecule has 0 aliphatic carbocycles. The van der Waals surface area contributed by atoms with Crippen LogP contribution in [0.5, 0.6) is 0 Å². The lowest BCUT2D eigenvalue weighted by molar-refractivity contribution is -0.659. The topological polar surface area (TPSA) is 8.29 Å². The van der Waals surface area contributed by atoms with Gasteiger partial charge in [-0.25, -0.2) is 0 Å². The van der Waals surface area contributed by atoms with E-state index < -0.39 is 13.7 Å². The maximum atomic E-state index is 8.32. The molecule has 0 amide bonds. The first-order chi connectivity index (χ1) is 16.5. The molecule has 0 N–H and O–H groups in total. The molecule has 3 aromatic carbocycles. The fraction of sp³-hybridized carbons (Fsp3) is 0.148. The van der Waals surface area contributed by atoms with E-state index in [2.05, 4.69) is 22.6 Å². The van der Waals surface area contributed by atoms with E-state index in [9.17, 15) is 0 Å². The molecule has 0 atom stereocenters. The fourth-order valence-electron chi connectivity index (χ4n) is 4.93. The van der Waals surface area contributed by atoms with Gasteiger partial charge in [0.25, 0.3) is 0 Å². The van der Waals surface area contributed by atoms with Crippen LogP contribution in [0.1, 0.15) is 24.9 Å². The van der Waals surface area contributed by atoms with Crippen molar-refractivity contribution in [3.05, 3.63) is 83.6 Å². The summed E-state index contributed by atoms with van der Waals surface area (Å²) < 4.78 is 52.4. The second kappa shape index (κ2) is 5.57. The second-order valence-electron chi connectivity index (χ2n) is 7.81. The van der Waals surface area contributed by atoms with Crippen LogP contribution in [0.3, 0.4) is 0 Å². The Hall–Kier alpha value is -3.39. The van der Waals surface area contributed by atoms with Crippen LogP contribution in [-0.2, 0) is 7.05 Å². The van der Waals surface area contributed by atoms with Gasteiger partial charge in [-0.1, -0.05) is 54.1 Å². The number of fused-ring (bicyclic) bond motifs is 6. The molecule has 0 aliphatic heterocycles. The standard InChI is InChI=1S/C27H23N2/c1-16-12-13-19(17(2)14-16)26-27-24(18(3)15-28(26)4)22-10-7-9-21-20-8-5-6-11-23(20)29(27)25(21)22/h5-15H,1-4H3/q+1/i1D3,3D3. The van der Waals surface area contributed by atoms with Crippen LogP contribution in [0.15, 0.2) is 66.9 Å². The summed E-state index contributed by atoms with van der Waals surface area (Å²) in [6.45, 7) is -2.60. The number of hydrogen-bond acceptors (Lipinski definition) is 0. The molecule has 0 fully saturated rings. The smallest absolute Gasteiger partial charge is 0.237 e. The molecule has 2 nitrogen and oxygen atoms in total. The number of rotatable bonds is 1. The molecule has 6 aromatic rings. The molecule has 29 heavy (non-hydrogen) atoms. The van der Waals surface area contributed by atoms with E-state index in [0.717, 1.165) is 49.5 Å². The van der Waals surface area contributed by atoms with E-state index in [0.29, 0.717) is 10.9 Å². The van der Waals surface area contributed by atoms with Crippen LogP contribution in [0.2, 0.25) is 0 Å². The Balaban J connectivity index is 1.88. The second-order valence-corrected chi connectivity index (χ2v) is 7.81. The van der Waals surface area contributed by atoms with Crippen LogP contribution in [-0.4, -0.2) is 4.40 Å². The zero-order valence-electron chi connectivity index (χ0n) is 22.2. The third-order valence-electron chi connectivity index (χ3n) is 6.08. The summed E-state index contributed by atoms with van der Waals surface area (Å²) in [4.78, 5) is 0. The highest BCUT2D eigenvalue weighted by atomic mass is 15.0. The minimum Gasteiger partial charge on any atom is -0.302 e. The van der Waals surface area contributed by atoms with Crippen LogP contribution in [0, 0.1) is 20.6 Å². The Labute approximate surface area is 178 Å². The quantitative estimate of drug-likeness (QED) is 0.297. The van der Waals surface area contributed by atoms with Crippen molar-refractivity contribution in [2.75, 3.05) is 0 Å². The molecule has 0 unspecified atom stereocenters. The first kappa shape index (κ1) is 11.6. The number of nitrogens with zero attached hydrogens (tertiary/aromatic N) is 2. The van der Waals surface area contributed by atoms with E-state index in [1.165, 1.54) is 0 Å². The van der Waals surface area contributed by atoms with Crippen molar-refractivity contribution in [1.82, 2.24) is 4.40 Å². The summed E-state index contributed by atoms with van der Waals surface area (Å²) in [6.07, 6.45) is 1.70. The maximum Gasteiger partial charge on any atom is 0.237 e. The van der Waals surface area contributed by atoms with Crippen molar-refractivity contribution in [3.63, 3.8) is 0 Å². The Kier molecular flexibility index (Phi) is 2.22. The molecule has 0 aliphatic rings. The van der Waals surface area contributed by atoms with E-state index >= 15 is 0 Å². The van der Waals surface area contributed by atoms with Gasteiger partial charge in [0.1, 0.15) is 12.6 Å². The van der Waals surface area contributed by atoms with E-state index in [-0.39, 0.29) is 5.56 Å². The highest BCUT2D eigenvalue weighted by Crippen LogP contribution is 2.42. The van der Waals surface area contributed by atoms with Gasteiger partial charge in [0.05, 0.1) is 16.6 Å². The van der Waals surface area contributed by atoms with Gasteiger partial charge in [0, 0.05) is 35.3 Å². The molecule has 0 bridgehead atoms. The average Bonchev–Trinajstić information content (AvgIpc) is 3.30. The Morgan fingerprint density at radius 1 is 0.828 bits per heavy atom. The van der Waals surface area contributed by atoms with Gasteiger partial charge >= 0.3 is 0 Å². The lowest BCUT2D eigenvalue weighted by Gasteiger charge is -2.09. The maximum absolute atomic E-state index is 8.32. The summed E-state index contributed by atoms with van der Waals surface area (Å²) >= 11 is 0. The normalized spacial score (nSPS) is 16.1. The number of aryl methyl sites for hydroxylation is 4. The summed E-state index contributed by atoms with van der Waals surface area (Å²) in [5.41, 5.74) is 5.95. The first-order valence-corrected chi connectivity index (χ1v) is 9.70. The number of hydrogen-bond donors (Lipinski definition) is 0. The van der Waals surface area contributed by atoms with E-state index in [1.807, 2.05) is 48.9 Å². The van der Waals surface area contributed by atoms with E-state index in [4.69, 9.17) is 8.22 Å². The summed E-state index contributed by atoms with van der Waals surface area (Å²) in [5, 5.41) is 3.80. The lowest BCUT2D eigenvalue weighted by atomic mass is 9.98. The molecule has 3 aromatic heterocycles. The fourth-order valence-corrected chi connectivity index (χ4v) is 4.93. The Morgan fingerprint density at radius 3 is 2.48 bits per heavy atom. The molecule has 0 spiro atoms.